The zero-order valence-corrected chi connectivity index (χ0v) is 9.19. The predicted molar refractivity (Wildman–Crippen MR) is 60.7 cm³/mol. The predicted octanol–water partition coefficient (Wildman–Crippen LogP) is 3.16. The fraction of sp³-hybridized carbons (Fsp3) is 0.154. The molecular weight excluding hydrogens is 204 g/mol. The monoisotopic (exact) mass is 216 g/mol. The summed E-state index contributed by atoms with van der Waals surface area (Å²) in [6.07, 6.45) is 1.60. The molecule has 82 valence electrons. The lowest BCUT2D eigenvalue weighted by Gasteiger charge is -2.07. The van der Waals surface area contributed by atoms with E-state index in [0.29, 0.717) is 11.3 Å². The van der Waals surface area contributed by atoms with Crippen molar-refractivity contribution in [2.45, 2.75) is 6.92 Å². The molecule has 0 bridgehead atoms. The lowest BCUT2D eigenvalue weighted by atomic mass is 10.1. The van der Waals surface area contributed by atoms with Crippen molar-refractivity contribution in [2.24, 2.45) is 0 Å². The summed E-state index contributed by atoms with van der Waals surface area (Å²) in [5.74, 6) is 1.39. The zero-order chi connectivity index (χ0) is 11.5. The van der Waals surface area contributed by atoms with Gasteiger partial charge >= 0.3 is 0 Å². The standard InChI is InChI=1S/C13H12O3/c1-9(14)10-5-6-11(13(8-10)15-2)12-4-3-7-16-12/h3-8H,1-2H3. The molecule has 0 amide bonds. The summed E-state index contributed by atoms with van der Waals surface area (Å²) in [6, 6.07) is 8.98. The van der Waals surface area contributed by atoms with Gasteiger partial charge in [-0.05, 0) is 31.2 Å². The molecule has 3 heteroatoms. The zero-order valence-electron chi connectivity index (χ0n) is 9.19. The Balaban J connectivity index is 2.51. The molecule has 0 aliphatic rings. The molecule has 0 saturated carbocycles. The third-order valence-corrected chi connectivity index (χ3v) is 2.39. The van der Waals surface area contributed by atoms with Gasteiger partial charge in [-0.2, -0.15) is 0 Å². The topological polar surface area (TPSA) is 39.4 Å². The molecule has 0 aliphatic carbocycles. The smallest absolute Gasteiger partial charge is 0.159 e. The summed E-state index contributed by atoms with van der Waals surface area (Å²) < 4.78 is 10.5. The van der Waals surface area contributed by atoms with Gasteiger partial charge in [-0.25, -0.2) is 0 Å². The highest BCUT2D eigenvalue weighted by atomic mass is 16.5. The van der Waals surface area contributed by atoms with Crippen molar-refractivity contribution in [1.29, 1.82) is 0 Å². The number of carbonyl (C=O) groups is 1. The molecule has 2 aromatic rings. The van der Waals surface area contributed by atoms with Crippen molar-refractivity contribution < 1.29 is 13.9 Å². The first kappa shape index (κ1) is 10.5. The molecule has 3 nitrogen and oxygen atoms in total. The van der Waals surface area contributed by atoms with Crippen molar-refractivity contribution in [1.82, 2.24) is 0 Å². The Labute approximate surface area is 93.7 Å². The van der Waals surface area contributed by atoms with Crippen molar-refractivity contribution in [3.8, 4) is 17.1 Å². The molecule has 0 spiro atoms. The summed E-state index contributed by atoms with van der Waals surface area (Å²) in [5, 5.41) is 0. The molecule has 0 atom stereocenters. The van der Waals surface area contributed by atoms with Crippen molar-refractivity contribution in [2.75, 3.05) is 7.11 Å². The fourth-order valence-corrected chi connectivity index (χ4v) is 1.55. The number of hydrogen-bond donors (Lipinski definition) is 0. The van der Waals surface area contributed by atoms with E-state index in [4.69, 9.17) is 9.15 Å². The van der Waals surface area contributed by atoms with Crippen molar-refractivity contribution in [3.05, 3.63) is 42.2 Å². The van der Waals surface area contributed by atoms with Crippen LogP contribution in [0.15, 0.2) is 41.0 Å². The minimum absolute atomic E-state index is 0.0179. The van der Waals surface area contributed by atoms with Gasteiger partial charge in [0.25, 0.3) is 0 Å². The summed E-state index contributed by atoms with van der Waals surface area (Å²) in [7, 11) is 1.58. The maximum absolute atomic E-state index is 11.2. The van der Waals surface area contributed by atoms with E-state index >= 15 is 0 Å². The number of ketones is 1. The lowest BCUT2D eigenvalue weighted by molar-refractivity contribution is 0.101. The van der Waals surface area contributed by atoms with Crippen LogP contribution in [-0.4, -0.2) is 12.9 Å². The van der Waals surface area contributed by atoms with Crippen LogP contribution in [0.1, 0.15) is 17.3 Å². The molecule has 0 saturated heterocycles. The minimum atomic E-state index is 0.0179. The Hall–Kier alpha value is -2.03. The second-order valence-electron chi connectivity index (χ2n) is 3.45. The quantitative estimate of drug-likeness (QED) is 0.740. The minimum Gasteiger partial charge on any atom is -0.496 e. The Morgan fingerprint density at radius 2 is 2.12 bits per heavy atom. The van der Waals surface area contributed by atoms with Crippen molar-refractivity contribution in [3.63, 3.8) is 0 Å². The van der Waals surface area contributed by atoms with Crippen LogP contribution in [0, 0.1) is 0 Å². The number of methoxy groups -OCH3 is 1. The number of benzene rings is 1. The first-order valence-corrected chi connectivity index (χ1v) is 4.95. The summed E-state index contributed by atoms with van der Waals surface area (Å²) in [4.78, 5) is 11.2. The normalized spacial score (nSPS) is 10.1. The van der Waals surface area contributed by atoms with Crippen LogP contribution in [-0.2, 0) is 0 Å². The number of rotatable bonds is 3. The molecule has 1 heterocycles. The van der Waals surface area contributed by atoms with Gasteiger partial charge in [0.2, 0.25) is 0 Å². The molecule has 1 aromatic heterocycles. The van der Waals surface area contributed by atoms with Gasteiger partial charge in [0.05, 0.1) is 18.9 Å². The molecule has 0 radical (unpaired) electrons. The van der Waals surface area contributed by atoms with Gasteiger partial charge < -0.3 is 9.15 Å². The molecule has 0 aliphatic heterocycles. The highest BCUT2D eigenvalue weighted by Crippen LogP contribution is 2.31. The van der Waals surface area contributed by atoms with Gasteiger partial charge in [0.1, 0.15) is 11.5 Å². The van der Waals surface area contributed by atoms with E-state index in [-0.39, 0.29) is 5.78 Å². The van der Waals surface area contributed by atoms with E-state index in [2.05, 4.69) is 0 Å². The highest BCUT2D eigenvalue weighted by molar-refractivity contribution is 5.95. The van der Waals surface area contributed by atoms with Gasteiger partial charge in [0.15, 0.2) is 5.78 Å². The lowest BCUT2D eigenvalue weighted by Crippen LogP contribution is -1.94. The summed E-state index contributed by atoms with van der Waals surface area (Å²) >= 11 is 0. The molecule has 0 fully saturated rings. The van der Waals surface area contributed by atoms with Gasteiger partial charge in [-0.1, -0.05) is 6.07 Å². The third kappa shape index (κ3) is 1.84. The average Bonchev–Trinajstić information content (AvgIpc) is 2.81. The first-order valence-electron chi connectivity index (χ1n) is 4.95. The first-order chi connectivity index (χ1) is 7.72. The molecule has 0 unspecified atom stereocenters. The Morgan fingerprint density at radius 3 is 2.69 bits per heavy atom. The van der Waals surface area contributed by atoms with Gasteiger partial charge in [0, 0.05) is 5.56 Å². The van der Waals surface area contributed by atoms with Gasteiger partial charge in [-0.3, -0.25) is 4.79 Å². The molecule has 1 aromatic carbocycles. The summed E-state index contributed by atoms with van der Waals surface area (Å²) in [6.45, 7) is 1.53. The van der Waals surface area contributed by atoms with Crippen LogP contribution >= 0.6 is 0 Å². The van der Waals surface area contributed by atoms with Crippen LogP contribution in [0.2, 0.25) is 0 Å². The largest absolute Gasteiger partial charge is 0.496 e. The number of ether oxygens (including phenoxy) is 1. The van der Waals surface area contributed by atoms with E-state index in [1.165, 1.54) is 6.92 Å². The van der Waals surface area contributed by atoms with E-state index in [1.54, 1.807) is 25.5 Å². The number of hydrogen-bond acceptors (Lipinski definition) is 3. The van der Waals surface area contributed by atoms with Crippen LogP contribution in [0.3, 0.4) is 0 Å². The molecular formula is C13H12O3. The van der Waals surface area contributed by atoms with Crippen LogP contribution in [0.25, 0.3) is 11.3 Å². The summed E-state index contributed by atoms with van der Waals surface area (Å²) in [5.41, 5.74) is 1.48. The Bertz CT molecular complexity index is 498. The SMILES string of the molecule is COc1cc(C(C)=O)ccc1-c1ccco1. The fourth-order valence-electron chi connectivity index (χ4n) is 1.55. The van der Waals surface area contributed by atoms with E-state index in [9.17, 15) is 4.79 Å². The van der Waals surface area contributed by atoms with E-state index < -0.39 is 0 Å². The van der Waals surface area contributed by atoms with Crippen molar-refractivity contribution >= 4 is 5.78 Å². The second-order valence-corrected chi connectivity index (χ2v) is 3.45. The van der Waals surface area contributed by atoms with Crippen LogP contribution < -0.4 is 4.74 Å². The van der Waals surface area contributed by atoms with E-state index in [1.807, 2.05) is 18.2 Å². The molecule has 0 N–H and O–H groups in total. The second kappa shape index (κ2) is 4.23. The van der Waals surface area contributed by atoms with E-state index in [0.717, 1.165) is 11.3 Å². The maximum atomic E-state index is 11.2. The van der Waals surface area contributed by atoms with Gasteiger partial charge in [-0.15, -0.1) is 0 Å². The Morgan fingerprint density at radius 1 is 1.31 bits per heavy atom. The number of carbonyl (C=O) groups excluding carboxylic acids is 1. The number of furan rings is 1. The molecule has 16 heavy (non-hydrogen) atoms. The van der Waals surface area contributed by atoms with Crippen LogP contribution in [0.4, 0.5) is 0 Å². The van der Waals surface area contributed by atoms with Crippen LogP contribution in [0.5, 0.6) is 5.75 Å². The average molecular weight is 216 g/mol. The number of Topliss-reactive ketones (excluding diaryl/α,β-unsaturated/α-hetero) is 1. The maximum Gasteiger partial charge on any atom is 0.159 e. The molecule has 2 rings (SSSR count). The Kier molecular flexibility index (Phi) is 2.77. The third-order valence-electron chi connectivity index (χ3n) is 2.39. The highest BCUT2D eigenvalue weighted by Gasteiger charge is 2.10.